The highest BCUT2D eigenvalue weighted by Crippen LogP contribution is 2.20. The molecule has 144 valence electrons. The van der Waals surface area contributed by atoms with Crippen LogP contribution in [0, 0.1) is 6.92 Å². The summed E-state index contributed by atoms with van der Waals surface area (Å²) in [7, 11) is 1.69. The van der Waals surface area contributed by atoms with E-state index >= 15 is 0 Å². The maximum atomic E-state index is 12.1. The molecule has 0 saturated carbocycles. The second kappa shape index (κ2) is 9.42. The zero-order valence-corrected chi connectivity index (χ0v) is 16.3. The molecule has 5 heteroatoms. The van der Waals surface area contributed by atoms with Crippen LogP contribution in [0.25, 0.3) is 0 Å². The van der Waals surface area contributed by atoms with Gasteiger partial charge in [-0.15, -0.1) is 0 Å². The molecule has 2 aromatic carbocycles. The molecule has 3 rings (SSSR count). The fourth-order valence-electron chi connectivity index (χ4n) is 3.33. The molecule has 1 amide bonds. The van der Waals surface area contributed by atoms with Crippen LogP contribution in [0.4, 0.5) is 5.69 Å². The van der Waals surface area contributed by atoms with Crippen molar-refractivity contribution in [1.29, 1.82) is 0 Å². The van der Waals surface area contributed by atoms with Crippen LogP contribution in [0.5, 0.6) is 5.75 Å². The first kappa shape index (κ1) is 19.2. The van der Waals surface area contributed by atoms with E-state index in [-0.39, 0.29) is 5.91 Å². The molecule has 1 aliphatic heterocycles. The lowest BCUT2D eigenvalue weighted by atomic mass is 10.1. The number of benzene rings is 2. The zero-order chi connectivity index (χ0) is 19.1. The minimum absolute atomic E-state index is 0.0133. The number of methoxy groups -OCH3 is 1. The normalized spacial score (nSPS) is 14.8. The van der Waals surface area contributed by atoms with Crippen molar-refractivity contribution in [3.63, 3.8) is 0 Å². The van der Waals surface area contributed by atoms with Crippen molar-refractivity contribution < 1.29 is 9.53 Å². The van der Waals surface area contributed by atoms with Crippen LogP contribution in [0.15, 0.2) is 48.5 Å². The van der Waals surface area contributed by atoms with Gasteiger partial charge in [-0.2, -0.15) is 0 Å². The van der Waals surface area contributed by atoms with E-state index in [2.05, 4.69) is 27.2 Å². The minimum atomic E-state index is 0.0133. The third-order valence-corrected chi connectivity index (χ3v) is 5.06. The number of ether oxygens (including phenoxy) is 1. The van der Waals surface area contributed by atoms with Gasteiger partial charge in [0.25, 0.3) is 5.91 Å². The van der Waals surface area contributed by atoms with E-state index in [0.717, 1.165) is 50.5 Å². The molecule has 2 aromatic rings. The topological polar surface area (TPSA) is 44.8 Å². The van der Waals surface area contributed by atoms with Gasteiger partial charge < -0.3 is 15.0 Å². The Morgan fingerprint density at radius 2 is 1.67 bits per heavy atom. The second-order valence-corrected chi connectivity index (χ2v) is 7.00. The highest BCUT2D eigenvalue weighted by Gasteiger charge is 2.17. The molecular formula is C22H29N3O2. The smallest absolute Gasteiger partial charge is 0.251 e. The number of nitrogens with one attached hydrogen (secondary N) is 1. The average molecular weight is 367 g/mol. The Morgan fingerprint density at radius 1 is 1.00 bits per heavy atom. The predicted molar refractivity (Wildman–Crippen MR) is 110 cm³/mol. The summed E-state index contributed by atoms with van der Waals surface area (Å²) in [6.07, 6.45) is 0.972. The van der Waals surface area contributed by atoms with Gasteiger partial charge >= 0.3 is 0 Å². The average Bonchev–Trinajstić information content (AvgIpc) is 2.72. The lowest BCUT2D eigenvalue weighted by Crippen LogP contribution is -2.47. The van der Waals surface area contributed by atoms with Crippen molar-refractivity contribution in [1.82, 2.24) is 10.2 Å². The summed E-state index contributed by atoms with van der Waals surface area (Å²) >= 11 is 0. The summed E-state index contributed by atoms with van der Waals surface area (Å²) in [5, 5.41) is 3.02. The Balaban J connectivity index is 1.34. The number of hydrogen-bond acceptors (Lipinski definition) is 4. The number of nitrogens with zero attached hydrogens (tertiary/aromatic N) is 2. The third-order valence-electron chi connectivity index (χ3n) is 5.06. The molecule has 5 nitrogen and oxygen atoms in total. The van der Waals surface area contributed by atoms with Crippen molar-refractivity contribution in [3.05, 3.63) is 59.7 Å². The Hall–Kier alpha value is -2.53. The molecule has 27 heavy (non-hydrogen) atoms. The Morgan fingerprint density at radius 3 is 2.30 bits per heavy atom. The van der Waals surface area contributed by atoms with Gasteiger partial charge in [0, 0.05) is 44.0 Å². The van der Waals surface area contributed by atoms with Gasteiger partial charge in [0.15, 0.2) is 0 Å². The summed E-state index contributed by atoms with van der Waals surface area (Å²) in [5.41, 5.74) is 3.15. The quantitative estimate of drug-likeness (QED) is 0.765. The lowest BCUT2D eigenvalue weighted by molar-refractivity contribution is 0.0951. The first-order valence-electron chi connectivity index (χ1n) is 9.62. The number of hydrogen-bond donors (Lipinski definition) is 1. The van der Waals surface area contributed by atoms with E-state index in [1.54, 1.807) is 7.11 Å². The molecular weight excluding hydrogens is 338 g/mol. The van der Waals surface area contributed by atoms with Gasteiger partial charge in [0.05, 0.1) is 7.11 Å². The maximum absolute atomic E-state index is 12.1. The fourth-order valence-corrected chi connectivity index (χ4v) is 3.33. The van der Waals surface area contributed by atoms with E-state index < -0.39 is 0 Å². The summed E-state index contributed by atoms with van der Waals surface area (Å²) in [6, 6.07) is 16.0. The van der Waals surface area contributed by atoms with Gasteiger partial charge in [-0.25, -0.2) is 0 Å². The van der Waals surface area contributed by atoms with Crippen LogP contribution in [-0.4, -0.2) is 57.2 Å². The molecule has 0 aromatic heterocycles. The van der Waals surface area contributed by atoms with Gasteiger partial charge in [0.1, 0.15) is 5.75 Å². The van der Waals surface area contributed by atoms with Crippen LogP contribution in [-0.2, 0) is 0 Å². The Kier molecular flexibility index (Phi) is 6.71. The second-order valence-electron chi connectivity index (χ2n) is 7.00. The number of piperazine rings is 1. The summed E-state index contributed by atoms with van der Waals surface area (Å²) in [5.74, 6) is 0.907. The largest absolute Gasteiger partial charge is 0.497 e. The molecule has 1 aliphatic rings. The number of carbonyl (C=O) groups excluding carboxylic acids is 1. The predicted octanol–water partition coefficient (Wildman–Crippen LogP) is 2.95. The third kappa shape index (κ3) is 5.47. The van der Waals surface area contributed by atoms with Crippen LogP contribution in [0.3, 0.4) is 0 Å². The molecule has 0 bridgehead atoms. The first-order valence-corrected chi connectivity index (χ1v) is 9.62. The monoisotopic (exact) mass is 367 g/mol. The van der Waals surface area contributed by atoms with Crippen LogP contribution in [0.2, 0.25) is 0 Å². The van der Waals surface area contributed by atoms with E-state index in [0.29, 0.717) is 6.54 Å². The Bertz CT molecular complexity index is 720. The summed E-state index contributed by atoms with van der Waals surface area (Å²) in [4.78, 5) is 17.0. The van der Waals surface area contributed by atoms with Crippen LogP contribution < -0.4 is 15.0 Å². The van der Waals surface area contributed by atoms with Crippen LogP contribution in [0.1, 0.15) is 22.3 Å². The van der Waals surface area contributed by atoms with Crippen LogP contribution >= 0.6 is 0 Å². The minimum Gasteiger partial charge on any atom is -0.497 e. The standard InChI is InChI=1S/C22H29N3O2/c1-18-4-6-19(7-5-18)22(26)23-12-3-13-24-14-16-25(17-15-24)20-8-10-21(27-2)11-9-20/h4-11H,3,12-17H2,1-2H3,(H,23,26). The molecule has 1 heterocycles. The molecule has 0 aliphatic carbocycles. The number of anilines is 1. The van der Waals surface area contributed by atoms with Gasteiger partial charge in [-0.3, -0.25) is 9.69 Å². The van der Waals surface area contributed by atoms with Gasteiger partial charge in [-0.1, -0.05) is 17.7 Å². The summed E-state index contributed by atoms with van der Waals surface area (Å²) in [6.45, 7) is 7.92. The van der Waals surface area contributed by atoms with Crippen molar-refractivity contribution in [2.24, 2.45) is 0 Å². The van der Waals surface area contributed by atoms with E-state index in [4.69, 9.17) is 4.74 Å². The zero-order valence-electron chi connectivity index (χ0n) is 16.3. The number of rotatable bonds is 7. The number of amides is 1. The molecule has 0 atom stereocenters. The van der Waals surface area contributed by atoms with Crippen molar-refractivity contribution in [3.8, 4) is 5.75 Å². The number of aryl methyl sites for hydroxylation is 1. The maximum Gasteiger partial charge on any atom is 0.251 e. The highest BCUT2D eigenvalue weighted by atomic mass is 16.5. The van der Waals surface area contributed by atoms with Gasteiger partial charge in [0.2, 0.25) is 0 Å². The van der Waals surface area contributed by atoms with Crippen molar-refractivity contribution in [2.75, 3.05) is 51.3 Å². The molecule has 0 unspecified atom stereocenters. The number of carbonyl (C=O) groups is 1. The molecule has 1 saturated heterocycles. The first-order chi connectivity index (χ1) is 13.2. The fraction of sp³-hybridized carbons (Fsp3) is 0.409. The SMILES string of the molecule is COc1ccc(N2CCN(CCCNC(=O)c3ccc(C)cc3)CC2)cc1. The molecule has 1 N–H and O–H groups in total. The van der Waals surface area contributed by atoms with Crippen molar-refractivity contribution >= 4 is 11.6 Å². The lowest BCUT2D eigenvalue weighted by Gasteiger charge is -2.36. The van der Waals surface area contributed by atoms with E-state index in [9.17, 15) is 4.79 Å². The van der Waals surface area contributed by atoms with Gasteiger partial charge in [-0.05, 0) is 56.3 Å². The van der Waals surface area contributed by atoms with E-state index in [1.165, 1.54) is 11.3 Å². The highest BCUT2D eigenvalue weighted by molar-refractivity contribution is 5.94. The summed E-state index contributed by atoms with van der Waals surface area (Å²) < 4.78 is 5.22. The van der Waals surface area contributed by atoms with E-state index in [1.807, 2.05) is 43.3 Å². The molecule has 0 spiro atoms. The van der Waals surface area contributed by atoms with Crippen molar-refractivity contribution in [2.45, 2.75) is 13.3 Å². The molecule has 1 fully saturated rings. The molecule has 0 radical (unpaired) electrons. The Labute approximate surface area is 161 Å².